The van der Waals surface area contributed by atoms with Crippen molar-refractivity contribution in [1.82, 2.24) is 10.3 Å². The molecule has 1 aliphatic carbocycles. The van der Waals surface area contributed by atoms with Gasteiger partial charge in [-0.1, -0.05) is 42.0 Å². The summed E-state index contributed by atoms with van der Waals surface area (Å²) in [6.45, 7) is 2.05. The molecular formula is C17H20N2. The predicted octanol–water partition coefficient (Wildman–Crippen LogP) is 3.58. The molecule has 0 fully saturated rings. The Balaban J connectivity index is 1.52. The van der Waals surface area contributed by atoms with Gasteiger partial charge >= 0.3 is 0 Å². The van der Waals surface area contributed by atoms with Gasteiger partial charge in [-0.05, 0) is 37.4 Å². The number of aromatic nitrogens is 1. The van der Waals surface area contributed by atoms with Gasteiger partial charge in [-0.15, -0.1) is 0 Å². The number of benzene rings is 1. The van der Waals surface area contributed by atoms with Gasteiger partial charge < -0.3 is 10.3 Å². The van der Waals surface area contributed by atoms with Crippen molar-refractivity contribution < 1.29 is 0 Å². The van der Waals surface area contributed by atoms with E-state index in [-0.39, 0.29) is 0 Å². The summed E-state index contributed by atoms with van der Waals surface area (Å²) < 4.78 is 0. The van der Waals surface area contributed by atoms with E-state index < -0.39 is 0 Å². The highest BCUT2D eigenvalue weighted by atomic mass is 14.8. The van der Waals surface area contributed by atoms with Crippen LogP contribution in [0.15, 0.2) is 54.3 Å². The first-order valence-electron chi connectivity index (χ1n) is 7.04. The number of hydrogen-bond acceptors (Lipinski definition) is 1. The Morgan fingerprint density at radius 3 is 3.05 bits per heavy atom. The van der Waals surface area contributed by atoms with Crippen LogP contribution in [0.4, 0.5) is 0 Å². The lowest BCUT2D eigenvalue weighted by molar-refractivity contribution is 0.709. The lowest BCUT2D eigenvalue weighted by Gasteiger charge is -2.10. The molecule has 2 N–H and O–H groups in total. The predicted molar refractivity (Wildman–Crippen MR) is 81.3 cm³/mol. The number of fused-ring (bicyclic) bond motifs is 1. The smallest absolute Gasteiger partial charge is 0.0456 e. The Morgan fingerprint density at radius 1 is 1.21 bits per heavy atom. The monoisotopic (exact) mass is 252 g/mol. The molecule has 0 amide bonds. The first kappa shape index (κ1) is 12.2. The van der Waals surface area contributed by atoms with Crippen LogP contribution in [-0.2, 0) is 6.42 Å². The molecule has 1 heterocycles. The summed E-state index contributed by atoms with van der Waals surface area (Å²) in [5.41, 5.74) is 4.15. The molecule has 1 aromatic heterocycles. The Kier molecular flexibility index (Phi) is 3.80. The van der Waals surface area contributed by atoms with E-state index in [4.69, 9.17) is 0 Å². The van der Waals surface area contributed by atoms with Crippen LogP contribution < -0.4 is 5.32 Å². The lowest BCUT2D eigenvalue weighted by atomic mass is 10.1. The van der Waals surface area contributed by atoms with Gasteiger partial charge in [0, 0.05) is 23.6 Å². The molecule has 3 rings (SSSR count). The van der Waals surface area contributed by atoms with Crippen molar-refractivity contribution in [3.05, 3.63) is 59.8 Å². The normalized spacial score (nSPS) is 14.8. The number of H-pyrrole nitrogens is 1. The van der Waals surface area contributed by atoms with Crippen LogP contribution in [0.5, 0.6) is 0 Å². The van der Waals surface area contributed by atoms with E-state index in [1.54, 1.807) is 0 Å². The quantitative estimate of drug-likeness (QED) is 0.782. The highest BCUT2D eigenvalue weighted by Gasteiger charge is 2.03. The fourth-order valence-corrected chi connectivity index (χ4v) is 2.61. The summed E-state index contributed by atoms with van der Waals surface area (Å²) in [6.07, 6.45) is 12.2. The van der Waals surface area contributed by atoms with Crippen molar-refractivity contribution in [1.29, 1.82) is 0 Å². The molecule has 98 valence electrons. The second-order valence-electron chi connectivity index (χ2n) is 5.08. The van der Waals surface area contributed by atoms with Gasteiger partial charge in [0.15, 0.2) is 0 Å². The molecule has 0 saturated carbocycles. The van der Waals surface area contributed by atoms with Crippen molar-refractivity contribution in [2.75, 3.05) is 13.1 Å². The molecule has 0 radical (unpaired) electrons. The third kappa shape index (κ3) is 2.96. The summed E-state index contributed by atoms with van der Waals surface area (Å²) in [6, 6.07) is 8.50. The maximum absolute atomic E-state index is 3.54. The van der Waals surface area contributed by atoms with E-state index in [1.807, 2.05) is 0 Å². The van der Waals surface area contributed by atoms with Crippen LogP contribution in [0.25, 0.3) is 10.9 Å². The number of nitrogens with one attached hydrogen (secondary N) is 2. The third-order valence-corrected chi connectivity index (χ3v) is 3.70. The molecule has 0 aliphatic heterocycles. The Labute approximate surface area is 114 Å². The van der Waals surface area contributed by atoms with Crippen molar-refractivity contribution >= 4 is 10.9 Å². The standard InChI is InChI=1S/C17H20N2/c1-2-6-14(7-3-1)12-18-11-10-15-13-19-17-9-5-4-8-16(15)17/h1-2,4-6,8-9,13,18-19H,3,7,10-12H2. The zero-order chi connectivity index (χ0) is 12.9. The van der Waals surface area contributed by atoms with Crippen molar-refractivity contribution in [2.45, 2.75) is 19.3 Å². The summed E-state index contributed by atoms with van der Waals surface area (Å²) in [5, 5.41) is 4.89. The molecule has 2 heteroatoms. The van der Waals surface area contributed by atoms with Crippen LogP contribution in [0.3, 0.4) is 0 Å². The van der Waals surface area contributed by atoms with Gasteiger partial charge in [0.05, 0.1) is 0 Å². The molecule has 0 unspecified atom stereocenters. The minimum Gasteiger partial charge on any atom is -0.361 e. The van der Waals surface area contributed by atoms with E-state index in [2.05, 4.69) is 59.0 Å². The molecule has 0 saturated heterocycles. The largest absolute Gasteiger partial charge is 0.361 e. The molecule has 0 atom stereocenters. The fourth-order valence-electron chi connectivity index (χ4n) is 2.61. The number of aromatic amines is 1. The second-order valence-corrected chi connectivity index (χ2v) is 5.08. The lowest BCUT2D eigenvalue weighted by Crippen LogP contribution is -2.20. The van der Waals surface area contributed by atoms with Gasteiger partial charge in [-0.3, -0.25) is 0 Å². The van der Waals surface area contributed by atoms with E-state index in [9.17, 15) is 0 Å². The molecule has 0 spiro atoms. The number of allylic oxidation sites excluding steroid dienone is 3. The van der Waals surface area contributed by atoms with Gasteiger partial charge in [0.25, 0.3) is 0 Å². The average molecular weight is 252 g/mol. The van der Waals surface area contributed by atoms with Crippen LogP contribution in [0, 0.1) is 0 Å². The SMILES string of the molecule is C1=CCCC(CNCCc2c[nH]c3ccccc23)=C1. The first-order chi connectivity index (χ1) is 9.43. The topological polar surface area (TPSA) is 27.8 Å². The summed E-state index contributed by atoms with van der Waals surface area (Å²) in [7, 11) is 0. The summed E-state index contributed by atoms with van der Waals surface area (Å²) >= 11 is 0. The van der Waals surface area contributed by atoms with Gasteiger partial charge in [0.2, 0.25) is 0 Å². The first-order valence-corrected chi connectivity index (χ1v) is 7.04. The van der Waals surface area contributed by atoms with Gasteiger partial charge in [-0.2, -0.15) is 0 Å². The van der Waals surface area contributed by atoms with Crippen LogP contribution in [-0.4, -0.2) is 18.1 Å². The second kappa shape index (κ2) is 5.89. The van der Waals surface area contributed by atoms with Gasteiger partial charge in [-0.25, -0.2) is 0 Å². The third-order valence-electron chi connectivity index (χ3n) is 3.70. The van der Waals surface area contributed by atoms with Crippen molar-refractivity contribution in [3.8, 4) is 0 Å². The summed E-state index contributed by atoms with van der Waals surface area (Å²) in [5.74, 6) is 0. The maximum atomic E-state index is 3.54. The van der Waals surface area contributed by atoms with Gasteiger partial charge in [0.1, 0.15) is 0 Å². The molecule has 0 bridgehead atoms. The van der Waals surface area contributed by atoms with E-state index in [0.717, 1.165) is 19.5 Å². The Hall–Kier alpha value is -1.80. The highest BCUT2D eigenvalue weighted by Crippen LogP contribution is 2.17. The molecule has 1 aromatic carbocycles. The number of para-hydroxylation sites is 1. The molecule has 1 aliphatic rings. The zero-order valence-electron chi connectivity index (χ0n) is 11.2. The van der Waals surface area contributed by atoms with Crippen molar-refractivity contribution in [3.63, 3.8) is 0 Å². The average Bonchev–Trinajstić information content (AvgIpc) is 2.88. The minimum atomic E-state index is 1.02. The molecular weight excluding hydrogens is 232 g/mol. The minimum absolute atomic E-state index is 1.02. The maximum Gasteiger partial charge on any atom is 0.0456 e. The summed E-state index contributed by atoms with van der Waals surface area (Å²) in [4.78, 5) is 3.33. The number of hydrogen-bond donors (Lipinski definition) is 2. The van der Waals surface area contributed by atoms with E-state index in [1.165, 1.54) is 34.9 Å². The molecule has 2 nitrogen and oxygen atoms in total. The zero-order valence-corrected chi connectivity index (χ0v) is 11.2. The van der Waals surface area contributed by atoms with Crippen LogP contribution >= 0.6 is 0 Å². The Morgan fingerprint density at radius 2 is 2.16 bits per heavy atom. The Bertz CT molecular complexity index is 605. The molecule has 2 aromatic rings. The highest BCUT2D eigenvalue weighted by molar-refractivity contribution is 5.83. The van der Waals surface area contributed by atoms with E-state index in [0.29, 0.717) is 0 Å². The molecule has 19 heavy (non-hydrogen) atoms. The van der Waals surface area contributed by atoms with Crippen LogP contribution in [0.1, 0.15) is 18.4 Å². The van der Waals surface area contributed by atoms with Crippen molar-refractivity contribution in [2.24, 2.45) is 0 Å². The fraction of sp³-hybridized carbons (Fsp3) is 0.294. The van der Waals surface area contributed by atoms with Crippen LogP contribution in [0.2, 0.25) is 0 Å². The van der Waals surface area contributed by atoms with E-state index >= 15 is 0 Å². The number of rotatable bonds is 5.